The van der Waals surface area contributed by atoms with Crippen molar-refractivity contribution < 1.29 is 38.0 Å². The maximum atomic E-state index is 12.9. The molecule has 4 N–H and O–H groups in total. The van der Waals surface area contributed by atoms with Gasteiger partial charge in [0.05, 0.1) is 17.8 Å². The lowest BCUT2D eigenvalue weighted by molar-refractivity contribution is -0.149. The maximum absolute atomic E-state index is 12.9. The van der Waals surface area contributed by atoms with E-state index in [1.807, 2.05) is 0 Å². The van der Waals surface area contributed by atoms with Gasteiger partial charge in [0.25, 0.3) is 5.44 Å². The number of carbonyl (C=O) groups is 1. The lowest BCUT2D eigenvalue weighted by Crippen LogP contribution is -2.49. The zero-order valence-corrected chi connectivity index (χ0v) is 22.5. The molecule has 1 aliphatic carbocycles. The first-order chi connectivity index (χ1) is 19.1. The summed E-state index contributed by atoms with van der Waals surface area (Å²) in [5, 5.41) is 35.0. The monoisotopic (exact) mass is 591 g/mol. The first-order valence-electron chi connectivity index (χ1n) is 12.4. The quantitative estimate of drug-likeness (QED) is 0.207. The van der Waals surface area contributed by atoms with E-state index < -0.39 is 51.9 Å². The van der Waals surface area contributed by atoms with Crippen molar-refractivity contribution in [3.05, 3.63) is 41.9 Å². The van der Waals surface area contributed by atoms with Crippen LogP contribution in [0.4, 0.5) is 5.82 Å². The van der Waals surface area contributed by atoms with Crippen molar-refractivity contribution in [2.45, 2.75) is 66.1 Å². The Morgan fingerprint density at radius 3 is 2.65 bits per heavy atom. The van der Waals surface area contributed by atoms with Gasteiger partial charge in [-0.3, -0.25) is 4.57 Å². The molecule has 5 atom stereocenters. The van der Waals surface area contributed by atoms with Crippen LogP contribution in [0.1, 0.15) is 31.9 Å². The molecule has 1 aromatic carbocycles. The fourth-order valence-electron chi connectivity index (χ4n) is 4.96. The third-order valence-electron chi connectivity index (χ3n) is 7.07. The van der Waals surface area contributed by atoms with E-state index in [0.717, 1.165) is 25.7 Å². The average molecular weight is 592 g/mol. The summed E-state index contributed by atoms with van der Waals surface area (Å²) in [5.74, 6) is 0.692. The number of hydrogen-bond acceptors (Lipinski definition) is 11. The van der Waals surface area contributed by atoms with Crippen LogP contribution in [0.5, 0.6) is 0 Å². The maximum Gasteiger partial charge on any atom is 0.349 e. The highest BCUT2D eigenvalue weighted by molar-refractivity contribution is 7.92. The number of halogens is 1. The molecule has 2 aromatic heterocycles. The van der Waals surface area contributed by atoms with E-state index in [1.54, 1.807) is 6.07 Å². The number of terminal acetylenes is 1. The van der Waals surface area contributed by atoms with Gasteiger partial charge in [-0.15, -0.1) is 6.42 Å². The van der Waals surface area contributed by atoms with Crippen LogP contribution in [-0.2, 0) is 24.1 Å². The number of hydrogen-bond donors (Lipinski definition) is 4. The van der Waals surface area contributed by atoms with Crippen LogP contribution in [0.15, 0.2) is 41.6 Å². The summed E-state index contributed by atoms with van der Waals surface area (Å²) in [6.07, 6.45) is 6.29. The molecule has 0 bridgehead atoms. The van der Waals surface area contributed by atoms with Crippen LogP contribution >= 0.6 is 11.6 Å². The predicted octanol–water partition coefficient (Wildman–Crippen LogP) is 1.36. The molecule has 15 heteroatoms. The van der Waals surface area contributed by atoms with Crippen molar-refractivity contribution in [3.63, 3.8) is 0 Å². The van der Waals surface area contributed by atoms with E-state index in [1.165, 1.54) is 35.2 Å². The molecule has 5 rings (SSSR count). The number of carboxylic acid groups (broad SMARTS) is 1. The van der Waals surface area contributed by atoms with Crippen molar-refractivity contribution in [2.75, 3.05) is 11.9 Å². The second kappa shape index (κ2) is 10.9. The van der Waals surface area contributed by atoms with Crippen LogP contribution in [0.25, 0.3) is 11.2 Å². The number of sulfone groups is 1. The second-order valence-corrected chi connectivity index (χ2v) is 11.9. The number of benzene rings is 1. The molecule has 1 saturated heterocycles. The molecule has 0 radical (unpaired) electrons. The summed E-state index contributed by atoms with van der Waals surface area (Å²) in [6.45, 7) is -0.784. The van der Waals surface area contributed by atoms with E-state index in [-0.39, 0.29) is 21.9 Å². The molecule has 0 spiro atoms. The molecule has 13 nitrogen and oxygen atoms in total. The number of aromatic nitrogens is 4. The third kappa shape index (κ3) is 5.00. The number of ether oxygens (including phenoxy) is 2. The van der Waals surface area contributed by atoms with E-state index in [0.29, 0.717) is 11.3 Å². The SMILES string of the molecule is C#C[C@@]1(O)[C@@H](COC(C(=O)O)S(=O)(=O)c2ccccc2)O[C@@H](n2cnc3c(NC4CCCC4)nc(Cl)nc32)[C@@H]1O. The Hall–Kier alpha value is -3.32. The van der Waals surface area contributed by atoms with Crippen LogP contribution in [0, 0.1) is 12.3 Å². The van der Waals surface area contributed by atoms with Gasteiger partial charge in [0.1, 0.15) is 12.2 Å². The van der Waals surface area contributed by atoms with Crippen molar-refractivity contribution >= 4 is 44.4 Å². The Balaban J connectivity index is 1.42. The van der Waals surface area contributed by atoms with Crippen molar-refractivity contribution in [3.8, 4) is 12.3 Å². The number of aliphatic carboxylic acids is 1. The first kappa shape index (κ1) is 28.2. The number of nitrogens with one attached hydrogen (secondary N) is 1. The summed E-state index contributed by atoms with van der Waals surface area (Å²) in [4.78, 5) is 24.4. The normalized spacial score (nSPS) is 26.1. The highest BCUT2D eigenvalue weighted by Gasteiger charge is 2.56. The molecule has 3 heterocycles. The van der Waals surface area contributed by atoms with Gasteiger partial charge < -0.3 is 30.1 Å². The van der Waals surface area contributed by atoms with Gasteiger partial charge in [0.15, 0.2) is 28.8 Å². The Bertz CT molecular complexity index is 1560. The largest absolute Gasteiger partial charge is 0.479 e. The van der Waals surface area contributed by atoms with E-state index in [9.17, 15) is 28.5 Å². The Labute approximate surface area is 234 Å². The number of carboxylic acids is 1. The minimum atomic E-state index is -4.48. The van der Waals surface area contributed by atoms with Crippen LogP contribution in [0.3, 0.4) is 0 Å². The highest BCUT2D eigenvalue weighted by Crippen LogP contribution is 2.39. The summed E-state index contributed by atoms with van der Waals surface area (Å²) in [6, 6.07) is 7.09. The zero-order chi connectivity index (χ0) is 28.7. The van der Waals surface area contributed by atoms with Gasteiger partial charge in [-0.25, -0.2) is 18.2 Å². The van der Waals surface area contributed by atoms with Gasteiger partial charge in [0, 0.05) is 6.04 Å². The van der Waals surface area contributed by atoms with Gasteiger partial charge in [-0.2, -0.15) is 9.97 Å². The van der Waals surface area contributed by atoms with E-state index >= 15 is 0 Å². The number of anilines is 1. The first-order valence-corrected chi connectivity index (χ1v) is 14.3. The van der Waals surface area contributed by atoms with Crippen molar-refractivity contribution in [2.24, 2.45) is 0 Å². The molecule has 3 aromatic rings. The Morgan fingerprint density at radius 1 is 1.30 bits per heavy atom. The standard InChI is InChI=1S/C25H26ClN5O8S/c1-2-25(35)16(12-38-23(22(33)34)40(36,37)15-10-4-3-5-11-15)39-21(18(25)32)31-13-27-17-19(28-14-8-6-7-9-14)29-24(26)30-20(17)31/h1,3-5,10-11,13-14,16,18,21,23,32,35H,6-9,12H2,(H,33,34)(H,28,29,30)/t16-,18+,21-,23?,25-/m1/s1. The van der Waals surface area contributed by atoms with Crippen molar-refractivity contribution in [1.82, 2.24) is 19.5 Å². The Morgan fingerprint density at radius 2 is 2.00 bits per heavy atom. The van der Waals surface area contributed by atoms with Crippen LogP contribution < -0.4 is 5.32 Å². The molecule has 212 valence electrons. The highest BCUT2D eigenvalue weighted by atomic mass is 35.5. The lowest BCUT2D eigenvalue weighted by Gasteiger charge is -2.26. The Kier molecular flexibility index (Phi) is 7.71. The predicted molar refractivity (Wildman–Crippen MR) is 141 cm³/mol. The fourth-order valence-corrected chi connectivity index (χ4v) is 6.43. The van der Waals surface area contributed by atoms with Crippen LogP contribution in [0.2, 0.25) is 5.28 Å². The molecule has 2 fully saturated rings. The molecule has 40 heavy (non-hydrogen) atoms. The molecular formula is C25H26ClN5O8S. The average Bonchev–Trinajstić information content (AvgIpc) is 3.65. The van der Waals surface area contributed by atoms with Gasteiger partial charge >= 0.3 is 5.97 Å². The lowest BCUT2D eigenvalue weighted by atomic mass is 9.93. The minimum absolute atomic E-state index is 0.0928. The summed E-state index contributed by atoms with van der Waals surface area (Å²) in [7, 11) is -4.48. The fraction of sp³-hybridized carbons (Fsp3) is 0.440. The zero-order valence-electron chi connectivity index (χ0n) is 20.9. The van der Waals surface area contributed by atoms with Gasteiger partial charge in [-0.05, 0) is 36.6 Å². The second-order valence-electron chi connectivity index (χ2n) is 9.58. The van der Waals surface area contributed by atoms with Crippen LogP contribution in [-0.4, -0.2) is 85.1 Å². The molecule has 1 aliphatic heterocycles. The van der Waals surface area contributed by atoms with Gasteiger partial charge in [-0.1, -0.05) is 37.0 Å². The molecule has 1 saturated carbocycles. The number of imidazole rings is 1. The summed E-state index contributed by atoms with van der Waals surface area (Å²) >= 11 is 6.18. The molecular weight excluding hydrogens is 566 g/mol. The van der Waals surface area contributed by atoms with Crippen molar-refractivity contribution in [1.29, 1.82) is 0 Å². The smallest absolute Gasteiger partial charge is 0.349 e. The number of nitrogens with zero attached hydrogens (tertiary/aromatic N) is 4. The molecule has 0 amide bonds. The van der Waals surface area contributed by atoms with Gasteiger partial charge in [0.2, 0.25) is 15.1 Å². The van der Waals surface area contributed by atoms with E-state index in [2.05, 4.69) is 26.2 Å². The molecule has 1 unspecified atom stereocenters. The van der Waals surface area contributed by atoms with E-state index in [4.69, 9.17) is 27.5 Å². The molecule has 2 aliphatic rings. The third-order valence-corrected chi connectivity index (χ3v) is 9.06. The summed E-state index contributed by atoms with van der Waals surface area (Å²) < 4.78 is 38.2. The number of rotatable bonds is 9. The number of aliphatic hydroxyl groups excluding tert-OH is 1. The topological polar surface area (TPSA) is 186 Å². The summed E-state index contributed by atoms with van der Waals surface area (Å²) in [5.41, 5.74) is -4.19. The number of aliphatic hydroxyl groups is 2. The number of fused-ring (bicyclic) bond motifs is 1. The minimum Gasteiger partial charge on any atom is -0.479 e.